The zero-order chi connectivity index (χ0) is 41.4. The van der Waals surface area contributed by atoms with Gasteiger partial charge in [-0.3, -0.25) is 0 Å². The highest BCUT2D eigenvalue weighted by Gasteiger charge is 2.58. The van der Waals surface area contributed by atoms with Crippen molar-refractivity contribution in [2.75, 3.05) is 0 Å². The fourth-order valence-corrected chi connectivity index (χ4v) is 9.65. The first kappa shape index (κ1) is 39.7. The van der Waals surface area contributed by atoms with Gasteiger partial charge in [0.05, 0.1) is 11.1 Å². The van der Waals surface area contributed by atoms with Crippen molar-refractivity contribution in [3.8, 4) is 22.3 Å². The first-order chi connectivity index (χ1) is 25.4. The summed E-state index contributed by atoms with van der Waals surface area (Å²) < 4.78 is 337. The number of hydrogen-bond donors (Lipinski definition) is 0. The Kier molecular flexibility index (Phi) is 9.23. The maximum absolute atomic E-state index is 16.2. The molecule has 6 rings (SSSR count). The number of hydrogen-bond acceptors (Lipinski definition) is 0. The summed E-state index contributed by atoms with van der Waals surface area (Å²) in [5.41, 5.74) is -17.6. The molecule has 55 heavy (non-hydrogen) atoms. The van der Waals surface area contributed by atoms with E-state index in [0.29, 0.717) is 0 Å². The molecule has 0 radical (unpaired) electrons. The van der Waals surface area contributed by atoms with Gasteiger partial charge in [0.15, 0.2) is 116 Å². The SMILES string of the molecule is Fc1c(F)c(F)c(-c2c(F)c(F)c(F)c(F)[c]2[Al]([c]2c(F)c(F)c(F)c(F)c2F)[c]2c(F)c(F)c(F)c3c2C(F)(F)c2c(F)c(F)c(F)c(F)c2-3)c(F)c1F. The highest BCUT2D eigenvalue weighted by Crippen LogP contribution is 2.55. The molecular weight excluding hydrogens is 836 g/mol. The van der Waals surface area contributed by atoms with Crippen LogP contribution in [0.15, 0.2) is 0 Å². The van der Waals surface area contributed by atoms with Crippen molar-refractivity contribution in [3.63, 3.8) is 0 Å². The molecule has 1 aliphatic rings. The van der Waals surface area contributed by atoms with Crippen molar-refractivity contribution in [1.82, 2.24) is 0 Å². The van der Waals surface area contributed by atoms with E-state index in [1.54, 1.807) is 0 Å². The second kappa shape index (κ2) is 12.8. The smallest absolute Gasteiger partial charge is 0.205 e. The standard InChI is InChI=1S/C13F9.C12F9.C6F5.Al/c14-3-1-2-4(8(16)7(3)15)5-6(13(2,21)22)10(18)12(20)11(19)9(5)17;13-3-1-2(5(14)9(18)6(3)15)4-7(16)10(19)12(21)11(20)8(4)17;7-2-1-3(8)5(10)6(11)4(2)9;. The third-order valence-electron chi connectivity index (χ3n) is 8.38. The highest BCUT2D eigenvalue weighted by molar-refractivity contribution is 6.97. The average Bonchev–Trinajstić information content (AvgIpc) is 3.39. The molecule has 0 atom stereocenters. The van der Waals surface area contributed by atoms with Crippen LogP contribution in [0.25, 0.3) is 22.3 Å². The van der Waals surface area contributed by atoms with Crippen LogP contribution in [0.5, 0.6) is 0 Å². The molecule has 0 heterocycles. The third-order valence-corrected chi connectivity index (χ3v) is 11.7. The van der Waals surface area contributed by atoms with Crippen LogP contribution in [0.4, 0.5) is 101 Å². The summed E-state index contributed by atoms with van der Waals surface area (Å²) in [7, 11) is 0. The van der Waals surface area contributed by atoms with E-state index >= 15 is 48.3 Å². The van der Waals surface area contributed by atoms with Gasteiger partial charge in [0, 0.05) is 22.3 Å². The predicted molar refractivity (Wildman–Crippen MR) is 137 cm³/mol. The lowest BCUT2D eigenvalue weighted by atomic mass is 10.0. The maximum Gasteiger partial charge on any atom is 0.405 e. The van der Waals surface area contributed by atoms with Crippen LogP contribution in [-0.4, -0.2) is 14.1 Å². The lowest BCUT2D eigenvalue weighted by molar-refractivity contribution is 0.0435. The van der Waals surface area contributed by atoms with E-state index < -0.39 is 189 Å². The molecule has 0 saturated carbocycles. The van der Waals surface area contributed by atoms with E-state index in [2.05, 4.69) is 0 Å². The normalized spacial score (nSPS) is 13.1. The Hall–Kier alpha value is -4.98. The zero-order valence-corrected chi connectivity index (χ0v) is 25.9. The molecule has 5 aromatic rings. The summed E-state index contributed by atoms with van der Waals surface area (Å²) in [6.07, 6.45) is 0. The highest BCUT2D eigenvalue weighted by atomic mass is 27.2. The lowest BCUT2D eigenvalue weighted by Crippen LogP contribution is -2.60. The van der Waals surface area contributed by atoms with Crippen molar-refractivity contribution in [3.05, 3.63) is 133 Å². The summed E-state index contributed by atoms with van der Waals surface area (Å²) >= 11 is -7.06. The van der Waals surface area contributed by atoms with Crippen LogP contribution in [0, 0.1) is 122 Å². The van der Waals surface area contributed by atoms with Gasteiger partial charge in [-0.2, -0.15) is 8.78 Å². The van der Waals surface area contributed by atoms with Gasteiger partial charge in [-0.1, -0.05) is 8.85 Å². The summed E-state index contributed by atoms with van der Waals surface area (Å²) in [4.78, 5) is 0. The number of fused-ring (bicyclic) bond motifs is 3. The maximum atomic E-state index is 16.2. The van der Waals surface area contributed by atoms with Crippen molar-refractivity contribution in [2.24, 2.45) is 0 Å². The Bertz CT molecular complexity index is 2540. The lowest BCUT2D eigenvalue weighted by Gasteiger charge is -2.26. The van der Waals surface area contributed by atoms with Crippen molar-refractivity contribution < 1.29 is 101 Å². The number of alkyl halides is 2. The second-order valence-corrected chi connectivity index (χ2v) is 13.7. The molecule has 0 spiro atoms. The summed E-state index contributed by atoms with van der Waals surface area (Å²) in [5, 5.41) is 0. The molecular formula is C31AlF23. The van der Waals surface area contributed by atoms with Crippen molar-refractivity contribution in [2.45, 2.75) is 5.92 Å². The van der Waals surface area contributed by atoms with E-state index in [4.69, 9.17) is 0 Å². The minimum absolute atomic E-state index is 2.63. The van der Waals surface area contributed by atoms with Crippen LogP contribution in [0.2, 0.25) is 0 Å². The third kappa shape index (κ3) is 5.01. The van der Waals surface area contributed by atoms with Crippen molar-refractivity contribution >= 4 is 27.4 Å². The predicted octanol–water partition coefficient (Wildman–Crippen LogP) is 8.91. The monoisotopic (exact) mass is 836 g/mol. The largest absolute Gasteiger partial charge is 0.405 e. The van der Waals surface area contributed by atoms with Crippen LogP contribution < -0.4 is 13.3 Å². The van der Waals surface area contributed by atoms with E-state index in [1.807, 2.05) is 0 Å². The van der Waals surface area contributed by atoms with Gasteiger partial charge in [-0.05, 0) is 4.43 Å². The molecule has 0 amide bonds. The topological polar surface area (TPSA) is 0 Å². The Balaban J connectivity index is 2.00. The van der Waals surface area contributed by atoms with Gasteiger partial charge in [0.2, 0.25) is 5.82 Å². The second-order valence-electron chi connectivity index (χ2n) is 11.1. The molecule has 0 nitrogen and oxygen atoms in total. The molecule has 1 aliphatic carbocycles. The average molecular weight is 836 g/mol. The number of benzene rings is 5. The van der Waals surface area contributed by atoms with Gasteiger partial charge < -0.3 is 0 Å². The molecule has 24 heteroatoms. The number of halogens is 23. The molecule has 288 valence electrons. The molecule has 5 aromatic carbocycles. The fraction of sp³-hybridized carbons (Fsp3) is 0.0323. The van der Waals surface area contributed by atoms with Gasteiger partial charge in [0.1, 0.15) is 0 Å². The molecule has 0 N–H and O–H groups in total. The molecule has 0 aliphatic heterocycles. The zero-order valence-electron chi connectivity index (χ0n) is 24.8. The fourth-order valence-electron chi connectivity index (χ4n) is 6.09. The Morgan fingerprint density at radius 3 is 0.891 bits per heavy atom. The minimum Gasteiger partial charge on any atom is -0.205 e. The van der Waals surface area contributed by atoms with Gasteiger partial charge in [0.25, 0.3) is 0 Å². The summed E-state index contributed by atoms with van der Waals surface area (Å²) in [6.45, 7) is 0. The van der Waals surface area contributed by atoms with Crippen LogP contribution in [0.3, 0.4) is 0 Å². The van der Waals surface area contributed by atoms with Crippen molar-refractivity contribution in [1.29, 1.82) is 0 Å². The van der Waals surface area contributed by atoms with E-state index in [1.165, 1.54) is 0 Å². The number of rotatable bonds is 4. The molecule has 0 bridgehead atoms. The summed E-state index contributed by atoms with van der Waals surface area (Å²) in [6, 6.07) is 0. The Morgan fingerprint density at radius 2 is 0.473 bits per heavy atom. The van der Waals surface area contributed by atoms with E-state index in [-0.39, 0.29) is 0 Å². The quantitative estimate of drug-likeness (QED) is 0.0735. The first-order valence-electron chi connectivity index (χ1n) is 13.7. The van der Waals surface area contributed by atoms with E-state index in [9.17, 15) is 52.7 Å². The molecule has 0 saturated heterocycles. The molecule has 0 aromatic heterocycles. The van der Waals surface area contributed by atoms with Crippen LogP contribution in [0.1, 0.15) is 11.1 Å². The van der Waals surface area contributed by atoms with Gasteiger partial charge >= 0.3 is 20.1 Å². The molecule has 0 unspecified atom stereocenters. The van der Waals surface area contributed by atoms with Gasteiger partial charge in [-0.15, -0.1) is 0 Å². The van der Waals surface area contributed by atoms with E-state index in [0.717, 1.165) is 0 Å². The Morgan fingerprint density at radius 1 is 0.218 bits per heavy atom. The summed E-state index contributed by atoms with van der Waals surface area (Å²) in [5.74, 6) is -76.1. The van der Waals surface area contributed by atoms with Crippen LogP contribution >= 0.6 is 0 Å². The molecule has 0 fully saturated rings. The Labute approximate surface area is 290 Å². The van der Waals surface area contributed by atoms with Crippen LogP contribution in [-0.2, 0) is 5.92 Å². The first-order valence-corrected chi connectivity index (χ1v) is 15.4. The van der Waals surface area contributed by atoms with Gasteiger partial charge in [-0.25, -0.2) is 92.2 Å². The minimum atomic E-state index is -7.06.